The van der Waals surface area contributed by atoms with Gasteiger partial charge in [0.05, 0.1) is 31.0 Å². The van der Waals surface area contributed by atoms with Crippen molar-refractivity contribution in [3.63, 3.8) is 0 Å². The molecule has 1 aromatic carbocycles. The highest BCUT2D eigenvalue weighted by atomic mass is 16.5. The number of carbonyl (C=O) groups is 2. The van der Waals surface area contributed by atoms with Gasteiger partial charge in [0.15, 0.2) is 0 Å². The van der Waals surface area contributed by atoms with Crippen molar-refractivity contribution in [1.29, 1.82) is 0 Å². The van der Waals surface area contributed by atoms with Crippen LogP contribution in [0, 0.1) is 0 Å². The average molecular weight is 420 g/mol. The minimum Gasteiger partial charge on any atom is -0.464 e. The summed E-state index contributed by atoms with van der Waals surface area (Å²) in [5, 5.41) is 4.76. The molecule has 3 rings (SSSR count). The molecule has 0 bridgehead atoms. The molecule has 1 atom stereocenters. The second kappa shape index (κ2) is 10.3. The summed E-state index contributed by atoms with van der Waals surface area (Å²) in [7, 11) is 3.22. The molecule has 2 N–H and O–H groups in total. The van der Waals surface area contributed by atoms with E-state index in [-0.39, 0.29) is 17.6 Å². The molecule has 2 aromatic rings. The number of pyridine rings is 1. The SMILES string of the molecule is COC(=O)c1ccc(C(=O)Nc2cccc(C(C)N=CC=NC3=CNN(C)C3)c2)cn1. The Labute approximate surface area is 180 Å². The van der Waals surface area contributed by atoms with Crippen molar-refractivity contribution in [2.24, 2.45) is 9.98 Å². The number of anilines is 1. The summed E-state index contributed by atoms with van der Waals surface area (Å²) in [6.07, 6.45) is 6.52. The molecule has 9 nitrogen and oxygen atoms in total. The monoisotopic (exact) mass is 420 g/mol. The third-order valence-electron chi connectivity index (χ3n) is 4.51. The number of nitrogens with zero attached hydrogens (tertiary/aromatic N) is 4. The first-order chi connectivity index (χ1) is 15.0. The molecule has 31 heavy (non-hydrogen) atoms. The number of nitrogens with one attached hydrogen (secondary N) is 2. The van der Waals surface area contributed by atoms with E-state index >= 15 is 0 Å². The number of rotatable bonds is 7. The largest absolute Gasteiger partial charge is 0.464 e. The number of esters is 1. The van der Waals surface area contributed by atoms with Gasteiger partial charge in [-0.3, -0.25) is 14.8 Å². The molecule has 9 heteroatoms. The number of aromatic nitrogens is 1. The second-order valence-electron chi connectivity index (χ2n) is 6.88. The van der Waals surface area contributed by atoms with E-state index in [1.165, 1.54) is 25.4 Å². The first kappa shape index (κ1) is 21.8. The number of amides is 1. The number of benzene rings is 1. The Morgan fingerprint density at radius 1 is 1.29 bits per heavy atom. The van der Waals surface area contributed by atoms with Gasteiger partial charge < -0.3 is 15.5 Å². The highest BCUT2D eigenvalue weighted by molar-refractivity contribution is 6.16. The van der Waals surface area contributed by atoms with Crippen molar-refractivity contribution >= 4 is 30.0 Å². The zero-order valence-corrected chi connectivity index (χ0v) is 17.6. The zero-order chi connectivity index (χ0) is 22.2. The lowest BCUT2D eigenvalue weighted by atomic mass is 10.1. The Kier molecular flexibility index (Phi) is 7.23. The van der Waals surface area contributed by atoms with Crippen LogP contribution < -0.4 is 10.7 Å². The number of hydrogen-bond acceptors (Lipinski definition) is 8. The minimum atomic E-state index is -0.553. The van der Waals surface area contributed by atoms with Crippen LogP contribution in [0.15, 0.2) is 64.5 Å². The lowest BCUT2D eigenvalue weighted by Crippen LogP contribution is -2.24. The van der Waals surface area contributed by atoms with Crippen LogP contribution in [0.2, 0.25) is 0 Å². The summed E-state index contributed by atoms with van der Waals surface area (Å²) < 4.78 is 4.60. The van der Waals surface area contributed by atoms with Gasteiger partial charge in [-0.05, 0) is 36.8 Å². The Balaban J connectivity index is 1.60. The van der Waals surface area contributed by atoms with Crippen LogP contribution in [0.25, 0.3) is 0 Å². The van der Waals surface area contributed by atoms with Crippen molar-refractivity contribution in [3.05, 3.63) is 71.3 Å². The molecule has 1 aliphatic heterocycles. The summed E-state index contributed by atoms with van der Waals surface area (Å²) in [6, 6.07) is 10.3. The van der Waals surface area contributed by atoms with Crippen LogP contribution in [0.3, 0.4) is 0 Å². The average Bonchev–Trinajstić information content (AvgIpc) is 3.21. The predicted octanol–water partition coefficient (Wildman–Crippen LogP) is 2.61. The number of methoxy groups -OCH3 is 1. The molecular formula is C22H24N6O3. The molecule has 1 aliphatic rings. The summed E-state index contributed by atoms with van der Waals surface area (Å²) >= 11 is 0. The molecular weight excluding hydrogens is 396 g/mol. The van der Waals surface area contributed by atoms with Crippen molar-refractivity contribution in [2.45, 2.75) is 13.0 Å². The maximum absolute atomic E-state index is 12.5. The van der Waals surface area contributed by atoms with Gasteiger partial charge in [-0.25, -0.2) is 14.8 Å². The van der Waals surface area contributed by atoms with Crippen LogP contribution in [0.1, 0.15) is 39.4 Å². The van der Waals surface area contributed by atoms with E-state index in [2.05, 4.69) is 30.4 Å². The molecule has 2 heterocycles. The number of hydrazine groups is 1. The van der Waals surface area contributed by atoms with Crippen LogP contribution in [0.4, 0.5) is 5.69 Å². The van der Waals surface area contributed by atoms with Crippen LogP contribution in [-0.2, 0) is 4.74 Å². The van der Waals surface area contributed by atoms with Crippen molar-refractivity contribution in [3.8, 4) is 0 Å². The van der Waals surface area contributed by atoms with E-state index in [1.807, 2.05) is 43.4 Å². The number of hydrogen-bond donors (Lipinski definition) is 2. The fraction of sp³-hybridized carbons (Fsp3) is 0.227. The highest BCUT2D eigenvalue weighted by Crippen LogP contribution is 2.20. The fourth-order valence-electron chi connectivity index (χ4n) is 2.81. The van der Waals surface area contributed by atoms with Gasteiger partial charge >= 0.3 is 5.97 Å². The Hall–Kier alpha value is -3.85. The molecule has 0 spiro atoms. The normalized spacial score (nSPS) is 15.0. The molecule has 0 saturated carbocycles. The lowest BCUT2D eigenvalue weighted by Gasteiger charge is -2.10. The quantitative estimate of drug-likeness (QED) is 0.527. The maximum Gasteiger partial charge on any atom is 0.356 e. The van der Waals surface area contributed by atoms with Crippen LogP contribution in [-0.4, -0.2) is 55.0 Å². The second-order valence-corrected chi connectivity index (χ2v) is 6.88. The van der Waals surface area contributed by atoms with Gasteiger partial charge in [0.2, 0.25) is 0 Å². The predicted molar refractivity (Wildman–Crippen MR) is 119 cm³/mol. The zero-order valence-electron chi connectivity index (χ0n) is 17.6. The van der Waals surface area contributed by atoms with E-state index in [9.17, 15) is 9.59 Å². The molecule has 0 radical (unpaired) electrons. The Bertz CT molecular complexity index is 1030. The molecule has 1 unspecified atom stereocenters. The van der Waals surface area contributed by atoms with Gasteiger partial charge in [0.1, 0.15) is 5.69 Å². The summed E-state index contributed by atoms with van der Waals surface area (Å²) in [4.78, 5) is 36.7. The topological polar surface area (TPSA) is 108 Å². The lowest BCUT2D eigenvalue weighted by molar-refractivity contribution is 0.0593. The number of carbonyl (C=O) groups excluding carboxylic acids is 2. The van der Waals surface area contributed by atoms with Gasteiger partial charge in [-0.1, -0.05) is 12.1 Å². The summed E-state index contributed by atoms with van der Waals surface area (Å²) in [6.45, 7) is 2.70. The Morgan fingerprint density at radius 3 is 2.81 bits per heavy atom. The van der Waals surface area contributed by atoms with Crippen LogP contribution >= 0.6 is 0 Å². The van der Waals surface area contributed by atoms with Crippen LogP contribution in [0.5, 0.6) is 0 Å². The van der Waals surface area contributed by atoms with Crippen molar-refractivity contribution in [1.82, 2.24) is 15.4 Å². The van der Waals surface area contributed by atoms with Crippen molar-refractivity contribution in [2.75, 3.05) is 26.0 Å². The first-order valence-electron chi connectivity index (χ1n) is 9.64. The van der Waals surface area contributed by atoms with Gasteiger partial charge in [-0.2, -0.15) is 0 Å². The van der Waals surface area contributed by atoms with Gasteiger partial charge in [-0.15, -0.1) is 0 Å². The van der Waals surface area contributed by atoms with Crippen molar-refractivity contribution < 1.29 is 14.3 Å². The summed E-state index contributed by atoms with van der Waals surface area (Å²) in [5.41, 5.74) is 6.04. The van der Waals surface area contributed by atoms with E-state index < -0.39 is 5.97 Å². The maximum atomic E-state index is 12.5. The van der Waals surface area contributed by atoms with Gasteiger partial charge in [0, 0.05) is 37.6 Å². The smallest absolute Gasteiger partial charge is 0.356 e. The standard InChI is InChI=1S/C22H24N6O3/c1-15(23-9-10-24-19-13-26-28(2)14-19)16-5-4-6-18(11-16)27-21(29)17-7-8-20(25-12-17)22(30)31-3/h4-13,15,26H,14H2,1-3H3,(H,27,29). The third kappa shape index (κ3) is 6.06. The van der Waals surface area contributed by atoms with E-state index in [1.54, 1.807) is 18.5 Å². The third-order valence-corrected chi connectivity index (χ3v) is 4.51. The molecule has 0 aliphatic carbocycles. The van der Waals surface area contributed by atoms with E-state index in [0.717, 1.165) is 17.8 Å². The fourth-order valence-corrected chi connectivity index (χ4v) is 2.81. The molecule has 1 amide bonds. The van der Waals surface area contributed by atoms with E-state index in [0.29, 0.717) is 11.3 Å². The minimum absolute atomic E-state index is 0.109. The molecule has 0 saturated heterocycles. The number of aliphatic imine (C=N–C) groups is 2. The first-order valence-corrected chi connectivity index (χ1v) is 9.64. The highest BCUT2D eigenvalue weighted by Gasteiger charge is 2.11. The Morgan fingerprint density at radius 2 is 2.13 bits per heavy atom. The van der Waals surface area contributed by atoms with E-state index in [4.69, 9.17) is 0 Å². The summed E-state index contributed by atoms with van der Waals surface area (Å²) in [5.74, 6) is -0.879. The van der Waals surface area contributed by atoms with Gasteiger partial charge in [0.25, 0.3) is 5.91 Å². The molecule has 1 aromatic heterocycles. The number of likely N-dealkylation sites (N-methyl/N-ethyl adjacent to an activating group) is 1. The molecule has 160 valence electrons. The molecule has 0 fully saturated rings. The number of ether oxygens (including phenoxy) is 1.